The van der Waals surface area contributed by atoms with E-state index in [4.69, 9.17) is 18.9 Å². The molecular weight excluding hydrogens is 462 g/mol. The minimum absolute atomic E-state index is 0.00197. The molecule has 0 spiro atoms. The van der Waals surface area contributed by atoms with Gasteiger partial charge in [0.25, 0.3) is 5.91 Å². The number of methoxy groups -OCH3 is 5. The van der Waals surface area contributed by atoms with Gasteiger partial charge in [0.05, 0.1) is 52.4 Å². The fourth-order valence-corrected chi connectivity index (χ4v) is 2.91. The lowest BCUT2D eigenvalue weighted by molar-refractivity contribution is -0.142. The van der Waals surface area contributed by atoms with Gasteiger partial charge in [-0.1, -0.05) is 0 Å². The molecule has 0 fully saturated rings. The summed E-state index contributed by atoms with van der Waals surface area (Å²) in [7, 11) is 6.76. The van der Waals surface area contributed by atoms with Crippen molar-refractivity contribution in [3.8, 4) is 17.2 Å². The fourth-order valence-electron chi connectivity index (χ4n) is 2.91. The molecule has 0 aliphatic rings. The second-order valence-corrected chi connectivity index (χ2v) is 6.69. The minimum atomic E-state index is -0.801. The monoisotopic (exact) mass is 487 g/mol. The average molecular weight is 487 g/mol. The number of amides is 1. The quantitative estimate of drug-likeness (QED) is 0.302. The molecule has 2 aromatic rings. The zero-order chi connectivity index (χ0) is 26.0. The van der Waals surface area contributed by atoms with Crippen LogP contribution in [0.1, 0.15) is 26.3 Å². The normalized spacial score (nSPS) is 10.3. The van der Waals surface area contributed by atoms with E-state index in [1.807, 2.05) is 0 Å². The molecule has 2 rings (SSSR count). The van der Waals surface area contributed by atoms with E-state index in [1.54, 1.807) is 12.1 Å². The van der Waals surface area contributed by atoms with Gasteiger partial charge < -0.3 is 33.7 Å². The van der Waals surface area contributed by atoms with Gasteiger partial charge in [-0.15, -0.1) is 0 Å². The first-order valence-electron chi connectivity index (χ1n) is 10.0. The first-order chi connectivity index (χ1) is 16.8. The molecule has 0 saturated carbocycles. The van der Waals surface area contributed by atoms with E-state index >= 15 is 0 Å². The topological polar surface area (TPSA) is 136 Å². The Hall–Kier alpha value is -4.54. The molecule has 35 heavy (non-hydrogen) atoms. The minimum Gasteiger partial charge on any atom is -0.493 e. The first kappa shape index (κ1) is 26.7. The predicted octanol–water partition coefficient (Wildman–Crippen LogP) is 2.48. The highest BCUT2D eigenvalue weighted by molar-refractivity contribution is 6.04. The van der Waals surface area contributed by atoms with E-state index in [-0.39, 0.29) is 16.8 Å². The molecular formula is C24H25NO10. The Labute approximate surface area is 201 Å². The van der Waals surface area contributed by atoms with E-state index in [0.717, 1.165) is 6.08 Å². The van der Waals surface area contributed by atoms with E-state index < -0.39 is 30.4 Å². The van der Waals surface area contributed by atoms with Crippen LogP contribution in [-0.2, 0) is 23.8 Å². The summed E-state index contributed by atoms with van der Waals surface area (Å²) in [6.45, 7) is -0.651. The zero-order valence-corrected chi connectivity index (χ0v) is 19.8. The van der Waals surface area contributed by atoms with Crippen LogP contribution in [0.3, 0.4) is 0 Å². The molecule has 186 valence electrons. The Balaban J connectivity index is 2.08. The lowest BCUT2D eigenvalue weighted by Gasteiger charge is -2.12. The third-order valence-corrected chi connectivity index (χ3v) is 4.56. The molecule has 0 aliphatic carbocycles. The molecule has 0 aliphatic heterocycles. The summed E-state index contributed by atoms with van der Waals surface area (Å²) in [5.41, 5.74) is 0.653. The second kappa shape index (κ2) is 12.6. The highest BCUT2D eigenvalue weighted by Gasteiger charge is 2.18. The molecule has 0 aromatic heterocycles. The van der Waals surface area contributed by atoms with Crippen LogP contribution in [0, 0.1) is 0 Å². The SMILES string of the molecule is COC(=O)c1ccc(C(=O)OC)c(NC(=O)COC(=O)C=Cc2cc(OC)c(OC)c(OC)c2)c1. The Morgan fingerprint density at radius 2 is 1.46 bits per heavy atom. The van der Waals surface area contributed by atoms with Crippen LogP contribution in [0.4, 0.5) is 5.69 Å². The summed E-state index contributed by atoms with van der Waals surface area (Å²) in [4.78, 5) is 48.2. The molecule has 0 saturated heterocycles. The number of anilines is 1. The highest BCUT2D eigenvalue weighted by atomic mass is 16.5. The van der Waals surface area contributed by atoms with Crippen molar-refractivity contribution in [1.29, 1.82) is 0 Å². The van der Waals surface area contributed by atoms with Crippen LogP contribution in [0.2, 0.25) is 0 Å². The van der Waals surface area contributed by atoms with Gasteiger partial charge in [-0.05, 0) is 42.0 Å². The molecule has 0 radical (unpaired) electrons. The van der Waals surface area contributed by atoms with Crippen molar-refractivity contribution in [2.75, 3.05) is 47.5 Å². The maximum Gasteiger partial charge on any atom is 0.339 e. The van der Waals surface area contributed by atoms with Crippen LogP contribution in [0.15, 0.2) is 36.4 Å². The lowest BCUT2D eigenvalue weighted by Crippen LogP contribution is -2.22. The van der Waals surface area contributed by atoms with Crippen molar-refractivity contribution in [2.24, 2.45) is 0 Å². The third-order valence-electron chi connectivity index (χ3n) is 4.56. The molecule has 0 bridgehead atoms. The summed E-state index contributed by atoms with van der Waals surface area (Å²) >= 11 is 0. The van der Waals surface area contributed by atoms with Crippen LogP contribution in [0.5, 0.6) is 17.2 Å². The smallest absolute Gasteiger partial charge is 0.339 e. The van der Waals surface area contributed by atoms with E-state index in [1.165, 1.54) is 59.8 Å². The second-order valence-electron chi connectivity index (χ2n) is 6.69. The van der Waals surface area contributed by atoms with Gasteiger partial charge in [0.1, 0.15) is 0 Å². The third kappa shape index (κ3) is 6.97. The summed E-state index contributed by atoms with van der Waals surface area (Å²) in [6, 6.07) is 7.16. The molecule has 0 unspecified atom stereocenters. The van der Waals surface area contributed by atoms with Crippen molar-refractivity contribution in [3.63, 3.8) is 0 Å². The molecule has 11 heteroatoms. The van der Waals surface area contributed by atoms with Crippen LogP contribution < -0.4 is 19.5 Å². The van der Waals surface area contributed by atoms with Gasteiger partial charge in [0, 0.05) is 6.08 Å². The van der Waals surface area contributed by atoms with E-state index in [9.17, 15) is 19.2 Å². The number of rotatable bonds is 10. The summed E-state index contributed by atoms with van der Waals surface area (Å²) in [6.07, 6.45) is 2.56. The van der Waals surface area contributed by atoms with Gasteiger partial charge >= 0.3 is 17.9 Å². The van der Waals surface area contributed by atoms with Gasteiger partial charge in [-0.3, -0.25) is 4.79 Å². The summed E-state index contributed by atoms with van der Waals surface area (Å²) < 4.78 is 30.0. The molecule has 11 nitrogen and oxygen atoms in total. The number of hydrogen-bond donors (Lipinski definition) is 1. The van der Waals surface area contributed by atoms with Gasteiger partial charge in [0.15, 0.2) is 18.1 Å². The number of hydrogen-bond acceptors (Lipinski definition) is 10. The van der Waals surface area contributed by atoms with Crippen molar-refractivity contribution in [2.45, 2.75) is 0 Å². The Morgan fingerprint density at radius 3 is 2.00 bits per heavy atom. The van der Waals surface area contributed by atoms with Crippen molar-refractivity contribution in [1.82, 2.24) is 0 Å². The molecule has 1 amide bonds. The number of ether oxygens (including phenoxy) is 6. The number of nitrogens with one attached hydrogen (secondary N) is 1. The highest BCUT2D eigenvalue weighted by Crippen LogP contribution is 2.38. The largest absolute Gasteiger partial charge is 0.493 e. The predicted molar refractivity (Wildman–Crippen MR) is 124 cm³/mol. The number of esters is 3. The molecule has 1 N–H and O–H groups in total. The molecule has 0 heterocycles. The van der Waals surface area contributed by atoms with Crippen molar-refractivity contribution >= 4 is 35.6 Å². The lowest BCUT2D eigenvalue weighted by atomic mass is 10.1. The van der Waals surface area contributed by atoms with Crippen LogP contribution in [0.25, 0.3) is 6.08 Å². The van der Waals surface area contributed by atoms with Crippen molar-refractivity contribution in [3.05, 3.63) is 53.1 Å². The number of carbonyl (C=O) groups excluding carboxylic acids is 4. The number of benzene rings is 2. The van der Waals surface area contributed by atoms with Gasteiger partial charge in [-0.25, -0.2) is 14.4 Å². The Morgan fingerprint density at radius 1 is 0.829 bits per heavy atom. The first-order valence-corrected chi connectivity index (χ1v) is 10.0. The summed E-state index contributed by atoms with van der Waals surface area (Å²) in [5, 5.41) is 2.42. The summed E-state index contributed by atoms with van der Waals surface area (Å²) in [5.74, 6) is -1.75. The maximum atomic E-state index is 12.3. The van der Waals surface area contributed by atoms with E-state index in [2.05, 4.69) is 14.8 Å². The fraction of sp³-hybridized carbons (Fsp3) is 0.250. The van der Waals surface area contributed by atoms with E-state index in [0.29, 0.717) is 22.8 Å². The van der Waals surface area contributed by atoms with Crippen LogP contribution >= 0.6 is 0 Å². The standard InChI is InChI=1S/C24H25NO10/c1-30-18-10-14(11-19(31-2)22(18)32-3)6-9-21(27)35-13-20(26)25-17-12-15(23(28)33-4)7-8-16(17)24(29)34-5/h6-12H,13H2,1-5H3,(H,25,26). The molecule has 0 atom stereocenters. The maximum absolute atomic E-state index is 12.3. The van der Waals surface area contributed by atoms with Crippen LogP contribution in [-0.4, -0.2) is 66.0 Å². The number of carbonyl (C=O) groups is 4. The average Bonchev–Trinajstić information content (AvgIpc) is 2.88. The molecule has 2 aromatic carbocycles. The van der Waals surface area contributed by atoms with Gasteiger partial charge in [-0.2, -0.15) is 0 Å². The Kier molecular flexibility index (Phi) is 9.64. The van der Waals surface area contributed by atoms with Crippen molar-refractivity contribution < 1.29 is 47.6 Å². The Bertz CT molecular complexity index is 1110. The zero-order valence-electron chi connectivity index (χ0n) is 19.8. The van der Waals surface area contributed by atoms with Gasteiger partial charge in [0.2, 0.25) is 5.75 Å².